The monoisotopic (exact) mass is 321 g/mol. The molecule has 0 atom stereocenters. The lowest BCUT2D eigenvalue weighted by Gasteiger charge is -2.28. The van der Waals surface area contributed by atoms with Crippen LogP contribution >= 0.6 is 11.6 Å². The normalized spacial score (nSPS) is 14.5. The first-order valence-electron chi connectivity index (χ1n) is 7.68. The van der Waals surface area contributed by atoms with E-state index in [1.807, 2.05) is 45.0 Å². The fraction of sp³-hybridized carbons (Fsp3) is 0.500. The molecule has 120 valence electrons. The van der Waals surface area contributed by atoms with E-state index in [9.17, 15) is 4.79 Å². The molecule has 22 heavy (non-hydrogen) atoms. The molecule has 0 unspecified atom stereocenters. The highest BCUT2D eigenvalue weighted by Crippen LogP contribution is 2.31. The van der Waals surface area contributed by atoms with Gasteiger partial charge in [0.1, 0.15) is 5.60 Å². The van der Waals surface area contributed by atoms with Crippen LogP contribution < -0.4 is 0 Å². The van der Waals surface area contributed by atoms with Gasteiger partial charge in [-0.25, -0.2) is 4.79 Å². The fourth-order valence-electron chi connectivity index (χ4n) is 2.28. The molecule has 4 heteroatoms. The molecule has 1 aliphatic rings. The van der Waals surface area contributed by atoms with Gasteiger partial charge in [-0.2, -0.15) is 0 Å². The fourth-order valence-corrected chi connectivity index (χ4v) is 2.45. The van der Waals surface area contributed by atoms with Crippen molar-refractivity contribution in [1.82, 2.24) is 4.90 Å². The van der Waals surface area contributed by atoms with Gasteiger partial charge >= 0.3 is 6.09 Å². The number of halogens is 1. The molecule has 0 spiro atoms. The van der Waals surface area contributed by atoms with Crippen molar-refractivity contribution in [1.29, 1.82) is 0 Å². The van der Waals surface area contributed by atoms with Crippen molar-refractivity contribution in [2.24, 2.45) is 0 Å². The summed E-state index contributed by atoms with van der Waals surface area (Å²) in [6.45, 7) is 9.90. The first kappa shape index (κ1) is 16.9. The summed E-state index contributed by atoms with van der Waals surface area (Å²) in [6.07, 6.45) is 4.45. The smallest absolute Gasteiger partial charge is 0.410 e. The second-order valence-corrected chi connectivity index (χ2v) is 7.17. The largest absolute Gasteiger partial charge is 0.444 e. The van der Waals surface area contributed by atoms with Gasteiger partial charge in [-0.05, 0) is 57.2 Å². The summed E-state index contributed by atoms with van der Waals surface area (Å²) in [7, 11) is 0. The summed E-state index contributed by atoms with van der Waals surface area (Å²) >= 11 is 6.30. The van der Waals surface area contributed by atoms with E-state index in [0.29, 0.717) is 11.6 Å². The molecular weight excluding hydrogens is 298 g/mol. The lowest BCUT2D eigenvalue weighted by Crippen LogP contribution is -2.37. The molecule has 0 heterocycles. The molecule has 1 aromatic rings. The Morgan fingerprint density at radius 1 is 1.45 bits per heavy atom. The number of nitrogens with zero attached hydrogens (tertiary/aromatic N) is 1. The highest BCUT2D eigenvalue weighted by atomic mass is 35.5. The second-order valence-electron chi connectivity index (χ2n) is 6.76. The van der Waals surface area contributed by atoms with E-state index >= 15 is 0 Å². The highest BCUT2D eigenvalue weighted by molar-refractivity contribution is 6.31. The van der Waals surface area contributed by atoms with Crippen LogP contribution in [0.1, 0.15) is 44.7 Å². The van der Waals surface area contributed by atoms with Crippen molar-refractivity contribution < 1.29 is 9.53 Å². The van der Waals surface area contributed by atoms with Gasteiger partial charge in [0.2, 0.25) is 0 Å². The van der Waals surface area contributed by atoms with Gasteiger partial charge in [0.15, 0.2) is 0 Å². The molecular formula is C18H24ClNO2. The SMILES string of the molecule is C=CCc1ccc(Cl)c(CN(C(=O)OC(C)(C)C)C2CC2)c1. The summed E-state index contributed by atoms with van der Waals surface area (Å²) in [5.74, 6) is 0. The number of hydrogen-bond acceptors (Lipinski definition) is 2. The van der Waals surface area contributed by atoms with Crippen molar-refractivity contribution in [3.63, 3.8) is 0 Å². The third kappa shape index (κ3) is 4.77. The summed E-state index contributed by atoms with van der Waals surface area (Å²) in [4.78, 5) is 14.2. The van der Waals surface area contributed by atoms with E-state index in [1.54, 1.807) is 4.90 Å². The Bertz CT molecular complexity index is 559. The molecule has 1 aromatic carbocycles. The Hall–Kier alpha value is -1.48. The van der Waals surface area contributed by atoms with E-state index in [2.05, 4.69) is 6.58 Å². The number of amides is 1. The molecule has 3 nitrogen and oxygen atoms in total. The van der Waals surface area contributed by atoms with Crippen molar-refractivity contribution in [3.05, 3.63) is 47.0 Å². The summed E-state index contributed by atoms with van der Waals surface area (Å²) in [6, 6.07) is 6.19. The molecule has 0 saturated heterocycles. The predicted octanol–water partition coefficient (Wildman–Crippen LogP) is 4.97. The maximum atomic E-state index is 12.4. The van der Waals surface area contributed by atoms with Crippen LogP contribution in [0, 0.1) is 0 Å². The Kier molecular flexibility index (Phi) is 5.17. The lowest BCUT2D eigenvalue weighted by atomic mass is 10.1. The highest BCUT2D eigenvalue weighted by Gasteiger charge is 2.35. The average molecular weight is 322 g/mol. The molecule has 1 fully saturated rings. The van der Waals surface area contributed by atoms with Crippen LogP contribution in [0.25, 0.3) is 0 Å². The molecule has 0 N–H and O–H groups in total. The van der Waals surface area contributed by atoms with Gasteiger partial charge in [-0.3, -0.25) is 0 Å². The number of allylic oxidation sites excluding steroid dienone is 1. The minimum Gasteiger partial charge on any atom is -0.444 e. The van der Waals surface area contributed by atoms with Crippen molar-refractivity contribution >= 4 is 17.7 Å². The average Bonchev–Trinajstić information content (AvgIpc) is 3.21. The first-order chi connectivity index (χ1) is 10.3. The van der Waals surface area contributed by atoms with Crippen molar-refractivity contribution in [3.8, 4) is 0 Å². The van der Waals surface area contributed by atoms with E-state index in [0.717, 1.165) is 30.4 Å². The van der Waals surface area contributed by atoms with Crippen LogP contribution in [0.15, 0.2) is 30.9 Å². The van der Waals surface area contributed by atoms with Gasteiger partial charge in [-0.1, -0.05) is 29.8 Å². The van der Waals surface area contributed by atoms with Crippen LogP contribution in [0.3, 0.4) is 0 Å². The number of rotatable bonds is 5. The van der Waals surface area contributed by atoms with Crippen molar-refractivity contribution in [2.75, 3.05) is 0 Å². The van der Waals surface area contributed by atoms with Crippen LogP contribution in [-0.4, -0.2) is 22.6 Å². The van der Waals surface area contributed by atoms with Gasteiger partial charge < -0.3 is 9.64 Å². The Balaban J connectivity index is 2.16. The molecule has 0 aromatic heterocycles. The van der Waals surface area contributed by atoms with E-state index in [1.165, 1.54) is 0 Å². The predicted molar refractivity (Wildman–Crippen MR) is 90.2 cm³/mol. The first-order valence-corrected chi connectivity index (χ1v) is 8.06. The Morgan fingerprint density at radius 2 is 2.14 bits per heavy atom. The van der Waals surface area contributed by atoms with Gasteiger partial charge in [0.25, 0.3) is 0 Å². The van der Waals surface area contributed by atoms with Gasteiger partial charge in [0.05, 0.1) is 6.54 Å². The van der Waals surface area contributed by atoms with Gasteiger partial charge in [-0.15, -0.1) is 6.58 Å². The minimum atomic E-state index is -0.487. The molecule has 0 radical (unpaired) electrons. The van der Waals surface area contributed by atoms with Crippen LogP contribution in [0.4, 0.5) is 4.79 Å². The Morgan fingerprint density at radius 3 is 2.68 bits per heavy atom. The molecule has 1 aliphatic carbocycles. The zero-order valence-electron chi connectivity index (χ0n) is 13.6. The topological polar surface area (TPSA) is 29.5 Å². The lowest BCUT2D eigenvalue weighted by molar-refractivity contribution is 0.0217. The van der Waals surface area contributed by atoms with Gasteiger partial charge in [0, 0.05) is 11.1 Å². The van der Waals surface area contributed by atoms with Crippen molar-refractivity contribution in [2.45, 2.75) is 58.2 Å². The molecule has 0 bridgehead atoms. The third-order valence-electron chi connectivity index (χ3n) is 3.45. The maximum absolute atomic E-state index is 12.4. The number of ether oxygens (including phenoxy) is 1. The van der Waals surface area contributed by atoms with E-state index < -0.39 is 5.60 Å². The molecule has 1 saturated carbocycles. The third-order valence-corrected chi connectivity index (χ3v) is 3.82. The maximum Gasteiger partial charge on any atom is 0.410 e. The van der Waals surface area contributed by atoms with Crippen LogP contribution in [0.2, 0.25) is 5.02 Å². The summed E-state index contributed by atoms with van der Waals surface area (Å²) in [5, 5.41) is 0.682. The number of carbonyl (C=O) groups is 1. The number of benzene rings is 1. The summed E-state index contributed by atoms with van der Waals surface area (Å²) in [5.41, 5.74) is 1.62. The standard InChI is InChI=1S/C18H24ClNO2/c1-5-6-13-7-10-16(19)14(11-13)12-20(15-8-9-15)17(21)22-18(2,3)4/h5,7,10-11,15H,1,6,8-9,12H2,2-4H3. The van der Waals surface area contributed by atoms with E-state index in [4.69, 9.17) is 16.3 Å². The number of hydrogen-bond donors (Lipinski definition) is 0. The zero-order valence-corrected chi connectivity index (χ0v) is 14.3. The van der Waals surface area contributed by atoms with Crippen LogP contribution in [0.5, 0.6) is 0 Å². The number of carbonyl (C=O) groups excluding carboxylic acids is 1. The van der Waals surface area contributed by atoms with E-state index in [-0.39, 0.29) is 12.1 Å². The zero-order chi connectivity index (χ0) is 16.3. The molecule has 0 aliphatic heterocycles. The minimum absolute atomic E-state index is 0.264. The quantitative estimate of drug-likeness (QED) is 0.717. The molecule has 2 rings (SSSR count). The molecule has 1 amide bonds. The Labute approximate surface area is 137 Å². The van der Waals surface area contributed by atoms with Crippen LogP contribution in [-0.2, 0) is 17.7 Å². The summed E-state index contributed by atoms with van der Waals surface area (Å²) < 4.78 is 5.52. The second kappa shape index (κ2) is 6.74.